The minimum atomic E-state index is -0.301. The van der Waals surface area contributed by atoms with Gasteiger partial charge in [0.2, 0.25) is 0 Å². The summed E-state index contributed by atoms with van der Waals surface area (Å²) in [4.78, 5) is 29.0. The van der Waals surface area contributed by atoms with E-state index in [0.717, 1.165) is 6.42 Å². The maximum absolute atomic E-state index is 12.5. The first-order valence-corrected chi connectivity index (χ1v) is 6.91. The molecule has 110 valence electrons. The molecule has 0 atom stereocenters. The highest BCUT2D eigenvalue weighted by Crippen LogP contribution is 2.18. The lowest BCUT2D eigenvalue weighted by Crippen LogP contribution is -2.39. The Labute approximate surface area is 117 Å². The van der Waals surface area contributed by atoms with E-state index in [2.05, 4.69) is 25.8 Å². The number of hydrogen-bond acceptors (Lipinski definition) is 3. The van der Waals surface area contributed by atoms with Crippen LogP contribution in [-0.4, -0.2) is 18.7 Å². The molecule has 2 heterocycles. The van der Waals surface area contributed by atoms with Gasteiger partial charge in [-0.2, -0.15) is 0 Å². The van der Waals surface area contributed by atoms with Gasteiger partial charge in [0.15, 0.2) is 11.2 Å². The van der Waals surface area contributed by atoms with Crippen molar-refractivity contribution in [3.8, 4) is 0 Å². The minimum absolute atomic E-state index is 0.0321. The molecule has 0 saturated carbocycles. The lowest BCUT2D eigenvalue weighted by atomic mass is 9.97. The van der Waals surface area contributed by atoms with E-state index in [1.54, 1.807) is 13.4 Å². The number of aryl methyl sites for hydroxylation is 1. The van der Waals surface area contributed by atoms with Gasteiger partial charge in [0.1, 0.15) is 0 Å². The van der Waals surface area contributed by atoms with Gasteiger partial charge in [0, 0.05) is 20.1 Å². The first kappa shape index (κ1) is 14.6. The minimum Gasteiger partial charge on any atom is -0.324 e. The third-order valence-corrected chi connectivity index (χ3v) is 3.19. The molecule has 0 radical (unpaired) electrons. The van der Waals surface area contributed by atoms with Crippen LogP contribution in [-0.2, 0) is 20.1 Å². The van der Waals surface area contributed by atoms with Crippen molar-refractivity contribution < 1.29 is 0 Å². The van der Waals surface area contributed by atoms with Crippen molar-refractivity contribution >= 4 is 11.2 Å². The highest BCUT2D eigenvalue weighted by molar-refractivity contribution is 5.69. The van der Waals surface area contributed by atoms with Gasteiger partial charge in [0.25, 0.3) is 5.56 Å². The van der Waals surface area contributed by atoms with Crippen LogP contribution < -0.4 is 11.2 Å². The van der Waals surface area contributed by atoms with Gasteiger partial charge in [-0.25, -0.2) is 9.78 Å². The molecule has 0 spiro atoms. The van der Waals surface area contributed by atoms with Crippen LogP contribution in [0.3, 0.4) is 0 Å². The number of aromatic nitrogens is 4. The average molecular weight is 278 g/mol. The summed E-state index contributed by atoms with van der Waals surface area (Å²) >= 11 is 0. The molecule has 0 amide bonds. The van der Waals surface area contributed by atoms with Gasteiger partial charge in [0.05, 0.1) is 6.33 Å². The Hall–Kier alpha value is -1.85. The third kappa shape index (κ3) is 2.42. The molecule has 0 unspecified atom stereocenters. The Morgan fingerprint density at radius 1 is 1.25 bits per heavy atom. The summed E-state index contributed by atoms with van der Waals surface area (Å²) in [5.41, 5.74) is 0.453. The monoisotopic (exact) mass is 278 g/mol. The maximum atomic E-state index is 12.5. The van der Waals surface area contributed by atoms with Crippen molar-refractivity contribution in [3.63, 3.8) is 0 Å². The van der Waals surface area contributed by atoms with E-state index in [-0.39, 0.29) is 16.7 Å². The molecule has 0 aromatic carbocycles. The van der Waals surface area contributed by atoms with Crippen molar-refractivity contribution in [3.05, 3.63) is 27.2 Å². The van der Waals surface area contributed by atoms with Crippen LogP contribution in [0.1, 0.15) is 34.1 Å². The van der Waals surface area contributed by atoms with Crippen molar-refractivity contribution in [1.82, 2.24) is 18.7 Å². The summed E-state index contributed by atoms with van der Waals surface area (Å²) in [6.45, 7) is 9.37. The predicted octanol–water partition coefficient (Wildman–Crippen LogP) is 1.35. The quantitative estimate of drug-likeness (QED) is 0.851. The van der Waals surface area contributed by atoms with Gasteiger partial charge in [-0.15, -0.1) is 0 Å². The van der Waals surface area contributed by atoms with Crippen LogP contribution in [0.2, 0.25) is 0 Å². The molecule has 20 heavy (non-hydrogen) atoms. The molecule has 2 aromatic rings. The molecular weight excluding hydrogens is 256 g/mol. The van der Waals surface area contributed by atoms with E-state index in [1.807, 2.05) is 11.5 Å². The van der Waals surface area contributed by atoms with Gasteiger partial charge < -0.3 is 4.57 Å². The molecule has 2 aromatic heterocycles. The van der Waals surface area contributed by atoms with Gasteiger partial charge in [-0.05, 0) is 11.8 Å². The Balaban J connectivity index is 2.78. The number of nitrogens with zero attached hydrogens (tertiary/aromatic N) is 4. The highest BCUT2D eigenvalue weighted by Gasteiger charge is 2.19. The molecule has 2 rings (SSSR count). The van der Waals surface area contributed by atoms with E-state index in [4.69, 9.17) is 0 Å². The first-order chi connectivity index (χ1) is 9.26. The van der Waals surface area contributed by atoms with E-state index in [9.17, 15) is 9.59 Å². The van der Waals surface area contributed by atoms with E-state index in [0.29, 0.717) is 24.3 Å². The second-order valence-corrected chi connectivity index (χ2v) is 6.40. The van der Waals surface area contributed by atoms with Crippen LogP contribution >= 0.6 is 0 Å². The zero-order valence-corrected chi connectivity index (χ0v) is 12.8. The zero-order chi connectivity index (χ0) is 15.1. The molecule has 6 heteroatoms. The molecule has 0 aliphatic carbocycles. The molecule has 0 aliphatic heterocycles. The Kier molecular flexibility index (Phi) is 3.58. The summed E-state index contributed by atoms with van der Waals surface area (Å²) in [5, 5.41) is 0. The highest BCUT2D eigenvalue weighted by atomic mass is 16.2. The van der Waals surface area contributed by atoms with Gasteiger partial charge in [-0.3, -0.25) is 13.9 Å². The molecule has 0 aliphatic rings. The molecule has 0 N–H and O–H groups in total. The van der Waals surface area contributed by atoms with Gasteiger partial charge in [-0.1, -0.05) is 27.7 Å². The van der Waals surface area contributed by atoms with Crippen LogP contribution in [0, 0.1) is 5.41 Å². The van der Waals surface area contributed by atoms with Gasteiger partial charge >= 0.3 is 5.69 Å². The summed E-state index contributed by atoms with van der Waals surface area (Å²) < 4.78 is 4.60. The standard InChI is InChI=1S/C14H22N4O2/c1-6-7-18-12(19)10-11(16(5)13(18)20)15-9-17(10)8-14(2,3)4/h9H,6-8H2,1-5H3. The van der Waals surface area contributed by atoms with Crippen molar-refractivity contribution in [1.29, 1.82) is 0 Å². The molecule has 0 fully saturated rings. The predicted molar refractivity (Wildman–Crippen MR) is 79.0 cm³/mol. The fraction of sp³-hybridized carbons (Fsp3) is 0.643. The number of hydrogen-bond donors (Lipinski definition) is 0. The summed E-state index contributed by atoms with van der Waals surface area (Å²) in [7, 11) is 1.66. The lowest BCUT2D eigenvalue weighted by Gasteiger charge is -2.19. The second kappa shape index (κ2) is 4.92. The van der Waals surface area contributed by atoms with Crippen molar-refractivity contribution in [2.24, 2.45) is 12.5 Å². The average Bonchev–Trinajstić information content (AvgIpc) is 2.73. The smallest absolute Gasteiger partial charge is 0.324 e. The maximum Gasteiger partial charge on any atom is 0.332 e. The SMILES string of the molecule is CCCn1c(=O)c2c(ncn2CC(C)(C)C)n(C)c1=O. The lowest BCUT2D eigenvalue weighted by molar-refractivity contribution is 0.347. The summed E-state index contributed by atoms with van der Waals surface area (Å²) in [5.74, 6) is 0. The van der Waals surface area contributed by atoms with Crippen LogP contribution in [0.25, 0.3) is 11.2 Å². The fourth-order valence-electron chi connectivity index (χ4n) is 2.37. The van der Waals surface area contributed by atoms with Crippen LogP contribution in [0.4, 0.5) is 0 Å². The Bertz CT molecular complexity index is 743. The summed E-state index contributed by atoms with van der Waals surface area (Å²) in [6, 6.07) is 0. The topological polar surface area (TPSA) is 61.8 Å². The third-order valence-electron chi connectivity index (χ3n) is 3.19. The second-order valence-electron chi connectivity index (χ2n) is 6.40. The number of fused-ring (bicyclic) bond motifs is 1. The first-order valence-electron chi connectivity index (χ1n) is 6.91. The van der Waals surface area contributed by atoms with E-state index < -0.39 is 0 Å². The Morgan fingerprint density at radius 3 is 2.45 bits per heavy atom. The van der Waals surface area contributed by atoms with E-state index in [1.165, 1.54) is 9.13 Å². The number of rotatable bonds is 3. The Morgan fingerprint density at radius 2 is 1.90 bits per heavy atom. The fourth-order valence-corrected chi connectivity index (χ4v) is 2.37. The van der Waals surface area contributed by atoms with Crippen LogP contribution in [0.5, 0.6) is 0 Å². The largest absolute Gasteiger partial charge is 0.332 e. The molecule has 0 bridgehead atoms. The zero-order valence-electron chi connectivity index (χ0n) is 12.8. The molecule has 0 saturated heterocycles. The summed E-state index contributed by atoms with van der Waals surface area (Å²) in [6.07, 6.45) is 2.39. The van der Waals surface area contributed by atoms with Crippen LogP contribution in [0.15, 0.2) is 15.9 Å². The molecule has 6 nitrogen and oxygen atoms in total. The van der Waals surface area contributed by atoms with E-state index >= 15 is 0 Å². The number of imidazole rings is 1. The molecular formula is C14H22N4O2. The normalized spacial score (nSPS) is 12.2. The van der Waals surface area contributed by atoms with Crippen molar-refractivity contribution in [2.75, 3.05) is 0 Å². The van der Waals surface area contributed by atoms with Crippen molar-refractivity contribution in [2.45, 2.75) is 47.2 Å².